The van der Waals surface area contributed by atoms with Crippen LogP contribution in [0.1, 0.15) is 35.1 Å². The number of rotatable bonds is 7. The van der Waals surface area contributed by atoms with Gasteiger partial charge in [0, 0.05) is 23.5 Å². The Hall–Kier alpha value is -3.92. The number of aryl methyl sites for hydroxylation is 2. The normalized spacial score (nSPS) is 11.7. The first-order valence-corrected chi connectivity index (χ1v) is 11.1. The summed E-state index contributed by atoms with van der Waals surface area (Å²) in [7, 11) is 0. The van der Waals surface area contributed by atoms with E-state index in [1.54, 1.807) is 0 Å². The first-order valence-electron chi connectivity index (χ1n) is 11.1. The number of anilines is 2. The Labute approximate surface area is 195 Å². The van der Waals surface area contributed by atoms with Gasteiger partial charge >= 0.3 is 0 Å². The number of nitrogen functional groups attached to an aromatic ring is 2. The molecule has 0 saturated carbocycles. The lowest BCUT2D eigenvalue weighted by atomic mass is 9.91. The summed E-state index contributed by atoms with van der Waals surface area (Å²) >= 11 is 0. The van der Waals surface area contributed by atoms with Crippen LogP contribution in [0.4, 0.5) is 11.4 Å². The van der Waals surface area contributed by atoms with Gasteiger partial charge in [-0.05, 0) is 84.8 Å². The van der Waals surface area contributed by atoms with Crippen molar-refractivity contribution in [3.8, 4) is 23.0 Å². The van der Waals surface area contributed by atoms with Crippen molar-refractivity contribution >= 4 is 11.4 Å². The van der Waals surface area contributed by atoms with E-state index in [-0.39, 0.29) is 0 Å². The number of benzene rings is 4. The predicted molar refractivity (Wildman–Crippen MR) is 136 cm³/mol. The number of hydrogen-bond donors (Lipinski definition) is 2. The Kier molecular flexibility index (Phi) is 6.55. The molecule has 4 aromatic carbocycles. The van der Waals surface area contributed by atoms with Crippen LogP contribution in [0.3, 0.4) is 0 Å². The Morgan fingerprint density at radius 1 is 0.667 bits per heavy atom. The lowest BCUT2D eigenvalue weighted by Gasteiger charge is -2.18. The van der Waals surface area contributed by atoms with E-state index in [0.29, 0.717) is 17.3 Å². The van der Waals surface area contributed by atoms with Crippen molar-refractivity contribution < 1.29 is 9.47 Å². The summed E-state index contributed by atoms with van der Waals surface area (Å²) in [5, 5.41) is 0. The van der Waals surface area contributed by atoms with Gasteiger partial charge in [-0.25, -0.2) is 0 Å². The largest absolute Gasteiger partial charge is 0.457 e. The molecular formula is C29H30N2O2. The highest BCUT2D eigenvalue weighted by Gasteiger charge is 2.13. The van der Waals surface area contributed by atoms with Crippen molar-refractivity contribution in [3.63, 3.8) is 0 Å². The average molecular weight is 439 g/mol. The molecule has 168 valence electrons. The van der Waals surface area contributed by atoms with Crippen LogP contribution in [0, 0.1) is 13.8 Å². The highest BCUT2D eigenvalue weighted by Crippen LogP contribution is 2.33. The third-order valence-electron chi connectivity index (χ3n) is 5.69. The zero-order valence-corrected chi connectivity index (χ0v) is 19.3. The van der Waals surface area contributed by atoms with Crippen molar-refractivity contribution in [2.75, 3.05) is 11.5 Å². The zero-order valence-electron chi connectivity index (χ0n) is 19.3. The van der Waals surface area contributed by atoms with Gasteiger partial charge in [0.2, 0.25) is 0 Å². The lowest BCUT2D eigenvalue weighted by Crippen LogP contribution is -2.01. The van der Waals surface area contributed by atoms with Crippen LogP contribution >= 0.6 is 0 Å². The molecule has 1 atom stereocenters. The number of hydrogen-bond acceptors (Lipinski definition) is 4. The van der Waals surface area contributed by atoms with Gasteiger partial charge in [-0.2, -0.15) is 0 Å². The summed E-state index contributed by atoms with van der Waals surface area (Å²) in [6, 6.07) is 27.7. The molecule has 0 aromatic heterocycles. The van der Waals surface area contributed by atoms with Crippen molar-refractivity contribution in [2.24, 2.45) is 0 Å². The zero-order chi connectivity index (χ0) is 23.4. The van der Waals surface area contributed by atoms with E-state index >= 15 is 0 Å². The number of nitrogens with two attached hydrogens (primary N) is 2. The minimum Gasteiger partial charge on any atom is -0.457 e. The van der Waals surface area contributed by atoms with Crippen LogP contribution in [-0.4, -0.2) is 0 Å². The summed E-state index contributed by atoms with van der Waals surface area (Å²) in [6.07, 6.45) is 0.937. The van der Waals surface area contributed by atoms with Gasteiger partial charge in [0.1, 0.15) is 23.0 Å². The van der Waals surface area contributed by atoms with Crippen LogP contribution in [0.15, 0.2) is 84.9 Å². The summed E-state index contributed by atoms with van der Waals surface area (Å²) in [6.45, 7) is 6.43. The minimum atomic E-state index is 0.365. The SMILES string of the molecule is Cc1cc(C(C)Cc2ccc(Oc3cccc(N)c3)cc2)cc(C)c1Oc1cccc(N)c1. The standard InChI is InChI=1S/C29H30N2O2/c1-19(14-22-10-12-26(13-11-22)32-27-8-4-6-24(30)17-27)23-15-20(2)29(21(3)16-23)33-28-9-5-7-25(31)18-28/h4-13,15-19H,14,30-31H2,1-3H3. The predicted octanol–water partition coefficient (Wildman–Crippen LogP) is 7.40. The fourth-order valence-electron chi connectivity index (χ4n) is 4.00. The molecule has 0 heterocycles. The maximum Gasteiger partial charge on any atom is 0.133 e. The second kappa shape index (κ2) is 9.70. The van der Waals surface area contributed by atoms with E-state index in [4.69, 9.17) is 20.9 Å². The van der Waals surface area contributed by atoms with Gasteiger partial charge in [-0.1, -0.05) is 43.3 Å². The fraction of sp³-hybridized carbons (Fsp3) is 0.172. The van der Waals surface area contributed by atoms with E-state index in [9.17, 15) is 0 Å². The molecule has 4 nitrogen and oxygen atoms in total. The highest BCUT2D eigenvalue weighted by molar-refractivity contribution is 5.50. The second-order valence-corrected chi connectivity index (χ2v) is 8.58. The van der Waals surface area contributed by atoms with Gasteiger partial charge in [-0.15, -0.1) is 0 Å². The highest BCUT2D eigenvalue weighted by atomic mass is 16.5. The van der Waals surface area contributed by atoms with Crippen LogP contribution < -0.4 is 20.9 Å². The van der Waals surface area contributed by atoms with E-state index in [0.717, 1.165) is 40.5 Å². The lowest BCUT2D eigenvalue weighted by molar-refractivity contribution is 0.475. The van der Waals surface area contributed by atoms with Gasteiger partial charge in [-0.3, -0.25) is 0 Å². The summed E-state index contributed by atoms with van der Waals surface area (Å²) in [5.74, 6) is 3.54. The third kappa shape index (κ3) is 5.66. The summed E-state index contributed by atoms with van der Waals surface area (Å²) in [4.78, 5) is 0. The molecule has 0 aliphatic carbocycles. The maximum atomic E-state index is 6.14. The topological polar surface area (TPSA) is 70.5 Å². The van der Waals surface area contributed by atoms with Gasteiger partial charge < -0.3 is 20.9 Å². The number of ether oxygens (including phenoxy) is 2. The van der Waals surface area contributed by atoms with Crippen molar-refractivity contribution in [3.05, 3.63) is 107 Å². The van der Waals surface area contributed by atoms with Crippen LogP contribution in [-0.2, 0) is 6.42 Å². The molecule has 1 unspecified atom stereocenters. The Morgan fingerprint density at radius 3 is 1.76 bits per heavy atom. The molecule has 0 bridgehead atoms. The summed E-state index contributed by atoms with van der Waals surface area (Å²) in [5.41, 5.74) is 17.9. The van der Waals surface area contributed by atoms with E-state index in [1.807, 2.05) is 60.7 Å². The maximum absolute atomic E-state index is 6.14. The first-order chi connectivity index (χ1) is 15.9. The molecule has 33 heavy (non-hydrogen) atoms. The van der Waals surface area contributed by atoms with Crippen LogP contribution in [0.25, 0.3) is 0 Å². The van der Waals surface area contributed by atoms with Crippen LogP contribution in [0.5, 0.6) is 23.0 Å². The Bertz CT molecular complexity index is 1230. The monoisotopic (exact) mass is 438 g/mol. The quantitative estimate of drug-likeness (QED) is 0.295. The first kappa shape index (κ1) is 22.3. The molecule has 0 aliphatic heterocycles. The molecular weight excluding hydrogens is 408 g/mol. The third-order valence-corrected chi connectivity index (χ3v) is 5.69. The van der Waals surface area contributed by atoms with Crippen molar-refractivity contribution in [1.82, 2.24) is 0 Å². The van der Waals surface area contributed by atoms with Gasteiger partial charge in [0.05, 0.1) is 0 Å². The molecule has 0 spiro atoms. The molecule has 4 N–H and O–H groups in total. The molecule has 4 heteroatoms. The molecule has 4 rings (SSSR count). The molecule has 4 aromatic rings. The molecule has 0 radical (unpaired) electrons. The van der Waals surface area contributed by atoms with E-state index in [2.05, 4.69) is 45.0 Å². The Balaban J connectivity index is 1.44. The van der Waals surface area contributed by atoms with Gasteiger partial charge in [0.25, 0.3) is 0 Å². The second-order valence-electron chi connectivity index (χ2n) is 8.58. The smallest absolute Gasteiger partial charge is 0.133 e. The molecule has 0 saturated heterocycles. The molecule has 0 aliphatic rings. The van der Waals surface area contributed by atoms with Crippen molar-refractivity contribution in [2.45, 2.75) is 33.1 Å². The fourth-order valence-corrected chi connectivity index (χ4v) is 4.00. The molecule has 0 fully saturated rings. The summed E-state index contributed by atoms with van der Waals surface area (Å²) < 4.78 is 12.0. The van der Waals surface area contributed by atoms with Crippen LogP contribution in [0.2, 0.25) is 0 Å². The molecule has 0 amide bonds. The van der Waals surface area contributed by atoms with Crippen molar-refractivity contribution in [1.29, 1.82) is 0 Å². The average Bonchev–Trinajstić information content (AvgIpc) is 2.77. The minimum absolute atomic E-state index is 0.365. The van der Waals surface area contributed by atoms with Gasteiger partial charge in [0.15, 0.2) is 0 Å². The van der Waals surface area contributed by atoms with E-state index in [1.165, 1.54) is 11.1 Å². The Morgan fingerprint density at radius 2 is 1.21 bits per heavy atom. The van der Waals surface area contributed by atoms with E-state index < -0.39 is 0 Å².